The fourth-order valence-corrected chi connectivity index (χ4v) is 4.51. The minimum absolute atomic E-state index is 0.159. The van der Waals surface area contributed by atoms with Gasteiger partial charge in [0.2, 0.25) is 5.95 Å². The third-order valence-corrected chi connectivity index (χ3v) is 6.52. The van der Waals surface area contributed by atoms with Crippen LogP contribution in [-0.2, 0) is 22.7 Å². The van der Waals surface area contributed by atoms with Crippen LogP contribution >= 0.6 is 11.6 Å². The van der Waals surface area contributed by atoms with Crippen LogP contribution in [-0.4, -0.2) is 27.3 Å². The number of carbonyl (C=O) groups is 1. The van der Waals surface area contributed by atoms with E-state index in [0.29, 0.717) is 40.3 Å². The summed E-state index contributed by atoms with van der Waals surface area (Å²) in [5, 5.41) is 8.20. The van der Waals surface area contributed by atoms with Crippen molar-refractivity contribution < 1.29 is 19.0 Å². The standard InChI is InChI=1S/C29H27ClN4O4/c1-3-36-25-15-21(13-14-24(25)37-17-22-11-7-8-12-23(22)30)27-26(19(2)33-29-31-18-32-34(27)29)28(35)38-16-20-9-5-4-6-10-20/h4-15,18,27H,3,16-17H2,1-2H3,(H,31,32,33). The number of carbonyl (C=O) groups excluding carboxylic acids is 1. The van der Waals surface area contributed by atoms with Crippen molar-refractivity contribution in [2.24, 2.45) is 0 Å². The molecule has 4 aromatic rings. The zero-order valence-electron chi connectivity index (χ0n) is 21.1. The fourth-order valence-electron chi connectivity index (χ4n) is 4.32. The van der Waals surface area contributed by atoms with Crippen molar-refractivity contribution in [3.8, 4) is 11.5 Å². The third kappa shape index (κ3) is 5.35. The largest absolute Gasteiger partial charge is 0.490 e. The molecule has 38 heavy (non-hydrogen) atoms. The van der Waals surface area contributed by atoms with E-state index in [0.717, 1.165) is 16.7 Å². The van der Waals surface area contributed by atoms with E-state index in [9.17, 15) is 4.79 Å². The van der Waals surface area contributed by atoms with Gasteiger partial charge in [-0.25, -0.2) is 9.48 Å². The van der Waals surface area contributed by atoms with E-state index < -0.39 is 12.0 Å². The highest BCUT2D eigenvalue weighted by molar-refractivity contribution is 6.31. The van der Waals surface area contributed by atoms with Gasteiger partial charge in [-0.3, -0.25) is 0 Å². The Morgan fingerprint density at radius 2 is 1.79 bits per heavy atom. The Morgan fingerprint density at radius 1 is 1.00 bits per heavy atom. The van der Waals surface area contributed by atoms with E-state index in [1.54, 1.807) is 4.68 Å². The molecule has 1 atom stereocenters. The molecule has 0 saturated carbocycles. The van der Waals surface area contributed by atoms with Crippen molar-refractivity contribution in [3.63, 3.8) is 0 Å². The summed E-state index contributed by atoms with van der Waals surface area (Å²) >= 11 is 6.30. The molecule has 1 unspecified atom stereocenters. The summed E-state index contributed by atoms with van der Waals surface area (Å²) in [6, 6.07) is 22.1. The zero-order chi connectivity index (χ0) is 26.5. The second kappa shape index (κ2) is 11.4. The molecule has 0 saturated heterocycles. The first-order valence-corrected chi connectivity index (χ1v) is 12.6. The molecule has 1 N–H and O–H groups in total. The predicted octanol–water partition coefficient (Wildman–Crippen LogP) is 5.94. The number of benzene rings is 3. The number of allylic oxidation sites excluding steroid dienone is 1. The van der Waals surface area contributed by atoms with E-state index in [-0.39, 0.29) is 13.2 Å². The van der Waals surface area contributed by atoms with Crippen LogP contribution in [0.5, 0.6) is 11.5 Å². The average molecular weight is 531 g/mol. The number of nitrogens with one attached hydrogen (secondary N) is 1. The summed E-state index contributed by atoms with van der Waals surface area (Å²) in [5.41, 5.74) is 3.63. The molecule has 9 heteroatoms. The molecular weight excluding hydrogens is 504 g/mol. The van der Waals surface area contributed by atoms with Gasteiger partial charge in [0.1, 0.15) is 25.6 Å². The van der Waals surface area contributed by atoms with Gasteiger partial charge < -0.3 is 19.5 Å². The lowest BCUT2D eigenvalue weighted by Crippen LogP contribution is -2.29. The van der Waals surface area contributed by atoms with Gasteiger partial charge in [0, 0.05) is 16.3 Å². The highest BCUT2D eigenvalue weighted by atomic mass is 35.5. The molecule has 0 radical (unpaired) electrons. The zero-order valence-corrected chi connectivity index (χ0v) is 21.8. The number of hydrogen-bond acceptors (Lipinski definition) is 7. The first-order chi connectivity index (χ1) is 18.5. The van der Waals surface area contributed by atoms with Crippen LogP contribution in [0.2, 0.25) is 5.02 Å². The van der Waals surface area contributed by atoms with Crippen LogP contribution in [0.15, 0.2) is 90.4 Å². The number of anilines is 1. The number of nitrogens with zero attached hydrogens (tertiary/aromatic N) is 3. The van der Waals surface area contributed by atoms with Gasteiger partial charge >= 0.3 is 5.97 Å². The first kappa shape index (κ1) is 25.4. The second-order valence-electron chi connectivity index (χ2n) is 8.68. The van der Waals surface area contributed by atoms with Gasteiger partial charge in [0.05, 0.1) is 12.2 Å². The number of ether oxygens (including phenoxy) is 3. The maximum Gasteiger partial charge on any atom is 0.338 e. The van der Waals surface area contributed by atoms with Crippen LogP contribution in [0.4, 0.5) is 5.95 Å². The van der Waals surface area contributed by atoms with Gasteiger partial charge in [-0.05, 0) is 43.2 Å². The van der Waals surface area contributed by atoms with Crippen molar-refractivity contribution >= 4 is 23.5 Å². The molecule has 0 bridgehead atoms. The van der Waals surface area contributed by atoms with Gasteiger partial charge in [-0.1, -0.05) is 66.2 Å². The van der Waals surface area contributed by atoms with Crippen LogP contribution < -0.4 is 14.8 Å². The maximum absolute atomic E-state index is 13.4. The molecule has 1 aromatic heterocycles. The Morgan fingerprint density at radius 3 is 2.58 bits per heavy atom. The quantitative estimate of drug-likeness (QED) is 0.268. The Balaban J connectivity index is 1.46. The summed E-state index contributed by atoms with van der Waals surface area (Å²) in [6.07, 6.45) is 1.45. The van der Waals surface area contributed by atoms with Crippen LogP contribution in [0.25, 0.3) is 0 Å². The molecule has 8 nitrogen and oxygen atoms in total. The van der Waals surface area contributed by atoms with Crippen molar-refractivity contribution in [3.05, 3.63) is 112 Å². The number of rotatable bonds is 9. The summed E-state index contributed by atoms with van der Waals surface area (Å²) in [7, 11) is 0. The molecule has 0 amide bonds. The highest BCUT2D eigenvalue weighted by Crippen LogP contribution is 2.39. The molecular formula is C29H27ClN4O4. The SMILES string of the molecule is CCOc1cc(C2C(C(=O)OCc3ccccc3)=C(C)Nc3ncnn32)ccc1OCc1ccccc1Cl. The molecule has 5 rings (SSSR count). The third-order valence-electron chi connectivity index (χ3n) is 6.15. The highest BCUT2D eigenvalue weighted by Gasteiger charge is 2.35. The summed E-state index contributed by atoms with van der Waals surface area (Å²) < 4.78 is 19.4. The number of esters is 1. The Labute approximate surface area is 225 Å². The van der Waals surface area contributed by atoms with Crippen LogP contribution in [0, 0.1) is 0 Å². The van der Waals surface area contributed by atoms with Gasteiger partial charge in [0.25, 0.3) is 0 Å². The smallest absolute Gasteiger partial charge is 0.338 e. The lowest BCUT2D eigenvalue weighted by atomic mass is 9.95. The van der Waals surface area contributed by atoms with E-state index in [1.807, 2.05) is 86.6 Å². The Bertz CT molecular complexity index is 1470. The molecule has 3 aromatic carbocycles. The normalized spacial score (nSPS) is 14.4. The van der Waals surface area contributed by atoms with E-state index in [4.69, 9.17) is 25.8 Å². The number of halogens is 1. The van der Waals surface area contributed by atoms with Crippen molar-refractivity contribution in [2.45, 2.75) is 33.1 Å². The monoisotopic (exact) mass is 530 g/mol. The molecule has 0 spiro atoms. The minimum Gasteiger partial charge on any atom is -0.490 e. The van der Waals surface area contributed by atoms with E-state index >= 15 is 0 Å². The number of fused-ring (bicyclic) bond motifs is 1. The number of hydrogen-bond donors (Lipinski definition) is 1. The van der Waals surface area contributed by atoms with Gasteiger partial charge in [-0.2, -0.15) is 10.1 Å². The topological polar surface area (TPSA) is 87.5 Å². The molecule has 1 aliphatic rings. The summed E-state index contributed by atoms with van der Waals surface area (Å²) in [4.78, 5) is 17.7. The van der Waals surface area contributed by atoms with Crippen molar-refractivity contribution in [1.29, 1.82) is 0 Å². The lowest BCUT2D eigenvalue weighted by Gasteiger charge is -2.28. The van der Waals surface area contributed by atoms with Gasteiger partial charge in [0.15, 0.2) is 11.5 Å². The molecule has 194 valence electrons. The number of aromatic nitrogens is 3. The fraction of sp³-hybridized carbons (Fsp3) is 0.207. The second-order valence-corrected chi connectivity index (χ2v) is 9.08. The van der Waals surface area contributed by atoms with Crippen LogP contribution in [0.1, 0.15) is 36.6 Å². The molecule has 1 aliphatic heterocycles. The van der Waals surface area contributed by atoms with E-state index in [1.165, 1.54) is 6.33 Å². The van der Waals surface area contributed by atoms with Gasteiger partial charge in [-0.15, -0.1) is 0 Å². The lowest BCUT2D eigenvalue weighted by molar-refractivity contribution is -0.140. The average Bonchev–Trinajstić information content (AvgIpc) is 3.40. The first-order valence-electron chi connectivity index (χ1n) is 12.3. The molecule has 2 heterocycles. The van der Waals surface area contributed by atoms with E-state index in [2.05, 4.69) is 15.4 Å². The van der Waals surface area contributed by atoms with Crippen molar-refractivity contribution in [1.82, 2.24) is 14.8 Å². The van der Waals surface area contributed by atoms with Crippen LogP contribution in [0.3, 0.4) is 0 Å². The summed E-state index contributed by atoms with van der Waals surface area (Å²) in [6.45, 7) is 4.62. The molecule has 0 fully saturated rings. The molecule has 0 aliphatic carbocycles. The predicted molar refractivity (Wildman–Crippen MR) is 144 cm³/mol. The maximum atomic E-state index is 13.4. The summed E-state index contributed by atoms with van der Waals surface area (Å²) in [5.74, 6) is 1.20. The Hall–Kier alpha value is -4.30. The van der Waals surface area contributed by atoms with Crippen molar-refractivity contribution in [2.75, 3.05) is 11.9 Å². The minimum atomic E-state index is -0.575. The Kier molecular flexibility index (Phi) is 7.60.